The zero-order valence-electron chi connectivity index (χ0n) is 20.0. The molecule has 4 aromatic rings. The van der Waals surface area contributed by atoms with E-state index in [1.807, 2.05) is 69.3 Å². The molecule has 2 aromatic heterocycles. The summed E-state index contributed by atoms with van der Waals surface area (Å²) in [5, 5.41) is 4.61. The molecule has 9 heteroatoms. The van der Waals surface area contributed by atoms with Gasteiger partial charge in [-0.3, -0.25) is 18.9 Å². The van der Waals surface area contributed by atoms with Crippen LogP contribution in [0.1, 0.15) is 37.7 Å². The van der Waals surface area contributed by atoms with E-state index >= 15 is 0 Å². The van der Waals surface area contributed by atoms with Crippen molar-refractivity contribution in [1.82, 2.24) is 19.1 Å². The molecule has 0 bridgehead atoms. The highest BCUT2D eigenvalue weighted by molar-refractivity contribution is 7.92. The van der Waals surface area contributed by atoms with Crippen LogP contribution < -0.4 is 10.3 Å². The molecule has 4 rings (SSSR count). The number of anilines is 1. The molecule has 0 aliphatic heterocycles. The van der Waals surface area contributed by atoms with Crippen LogP contribution in [0.4, 0.5) is 5.69 Å². The average molecular weight is 480 g/mol. The molecule has 2 aromatic carbocycles. The summed E-state index contributed by atoms with van der Waals surface area (Å²) in [5.74, 6) is 0. The molecule has 1 N–H and O–H groups in total. The van der Waals surface area contributed by atoms with Crippen molar-refractivity contribution >= 4 is 15.7 Å². The number of aromatic nitrogens is 4. The van der Waals surface area contributed by atoms with E-state index in [4.69, 9.17) is 0 Å². The first-order valence-electron chi connectivity index (χ1n) is 11.0. The fraction of sp³-hybridized carbons (Fsp3) is 0.280. The van der Waals surface area contributed by atoms with Gasteiger partial charge in [0.15, 0.2) is 0 Å². The Morgan fingerprint density at radius 1 is 0.971 bits per heavy atom. The van der Waals surface area contributed by atoms with Gasteiger partial charge >= 0.3 is 0 Å². The maximum atomic E-state index is 13.6. The van der Waals surface area contributed by atoms with Crippen molar-refractivity contribution in [3.8, 4) is 5.69 Å². The minimum Gasteiger partial charge on any atom is -0.283 e. The van der Waals surface area contributed by atoms with E-state index in [0.29, 0.717) is 23.6 Å². The minimum atomic E-state index is -4.09. The summed E-state index contributed by atoms with van der Waals surface area (Å²) < 4.78 is 34.4. The maximum absolute atomic E-state index is 13.6. The molecule has 34 heavy (non-hydrogen) atoms. The van der Waals surface area contributed by atoms with Crippen LogP contribution in [0, 0.1) is 6.92 Å². The molecule has 8 nitrogen and oxygen atoms in total. The number of sulfonamides is 1. The third-order valence-corrected chi connectivity index (χ3v) is 7.06. The van der Waals surface area contributed by atoms with Crippen molar-refractivity contribution in [1.29, 1.82) is 0 Å². The topological polar surface area (TPSA) is 90.9 Å². The second-order valence-electron chi connectivity index (χ2n) is 9.32. The molecule has 0 atom stereocenters. The number of nitrogens with one attached hydrogen (secondary N) is 1. The Hall–Kier alpha value is -3.59. The molecule has 0 spiro atoms. The van der Waals surface area contributed by atoms with Crippen molar-refractivity contribution < 1.29 is 8.42 Å². The van der Waals surface area contributed by atoms with Crippen LogP contribution >= 0.6 is 0 Å². The molecular weight excluding hydrogens is 450 g/mol. The van der Waals surface area contributed by atoms with E-state index in [2.05, 4.69) is 9.82 Å². The largest absolute Gasteiger partial charge is 0.296 e. The standard InChI is InChI=1S/C25H29N5O3S/c1-18-22(24(31)30(28(18)5)20-14-10-7-11-15-20)27-34(32,33)21-17-29(26-23(21)25(2,3)4)16-19-12-8-6-9-13-19/h6-15,17,27H,16H2,1-5H3. The van der Waals surface area contributed by atoms with Gasteiger partial charge in [0.25, 0.3) is 15.6 Å². The van der Waals surface area contributed by atoms with E-state index in [1.165, 1.54) is 10.9 Å². The minimum absolute atomic E-state index is 0.0158. The fourth-order valence-electron chi connectivity index (χ4n) is 3.85. The van der Waals surface area contributed by atoms with Crippen LogP contribution in [0.15, 0.2) is 76.6 Å². The number of rotatable bonds is 6. The first-order valence-corrected chi connectivity index (χ1v) is 12.5. The highest BCUT2D eigenvalue weighted by atomic mass is 32.2. The van der Waals surface area contributed by atoms with Crippen LogP contribution in [0.25, 0.3) is 5.69 Å². The van der Waals surface area contributed by atoms with Gasteiger partial charge in [-0.15, -0.1) is 0 Å². The lowest BCUT2D eigenvalue weighted by Crippen LogP contribution is -2.24. The highest BCUT2D eigenvalue weighted by Crippen LogP contribution is 2.29. The molecule has 0 unspecified atom stereocenters. The summed E-state index contributed by atoms with van der Waals surface area (Å²) >= 11 is 0. The van der Waals surface area contributed by atoms with Gasteiger partial charge in [-0.05, 0) is 24.6 Å². The average Bonchev–Trinajstić information content (AvgIpc) is 3.31. The number of hydrogen-bond acceptors (Lipinski definition) is 4. The highest BCUT2D eigenvalue weighted by Gasteiger charge is 2.32. The Morgan fingerprint density at radius 3 is 2.15 bits per heavy atom. The summed E-state index contributed by atoms with van der Waals surface area (Å²) in [6.45, 7) is 7.89. The van der Waals surface area contributed by atoms with E-state index in [9.17, 15) is 13.2 Å². The summed E-state index contributed by atoms with van der Waals surface area (Å²) in [4.78, 5) is 13.3. The summed E-state index contributed by atoms with van der Waals surface area (Å²) in [6.07, 6.45) is 1.53. The first kappa shape index (κ1) is 23.6. The molecule has 0 saturated carbocycles. The van der Waals surface area contributed by atoms with Gasteiger partial charge in [0, 0.05) is 18.7 Å². The quantitative estimate of drug-likeness (QED) is 0.455. The van der Waals surface area contributed by atoms with Crippen molar-refractivity contribution in [2.24, 2.45) is 7.05 Å². The number of nitrogens with zero attached hydrogens (tertiary/aromatic N) is 4. The zero-order chi connectivity index (χ0) is 24.7. The Labute approximate surface area is 199 Å². The van der Waals surface area contributed by atoms with Gasteiger partial charge in [-0.25, -0.2) is 13.1 Å². The SMILES string of the molecule is Cc1c(NS(=O)(=O)c2cn(Cc3ccccc3)nc2C(C)(C)C)c(=O)n(-c2ccccc2)n1C. The number of para-hydroxylation sites is 1. The normalized spacial score (nSPS) is 12.1. The summed E-state index contributed by atoms with van der Waals surface area (Å²) in [5.41, 5.74) is 1.65. The lowest BCUT2D eigenvalue weighted by Gasteiger charge is -2.17. The van der Waals surface area contributed by atoms with Crippen LogP contribution in [0.3, 0.4) is 0 Å². The predicted octanol–water partition coefficient (Wildman–Crippen LogP) is 3.83. The third-order valence-electron chi connectivity index (χ3n) is 5.71. The molecule has 0 aliphatic rings. The predicted molar refractivity (Wildman–Crippen MR) is 133 cm³/mol. The van der Waals surface area contributed by atoms with Gasteiger partial charge < -0.3 is 0 Å². The van der Waals surface area contributed by atoms with E-state index < -0.39 is 21.0 Å². The Morgan fingerprint density at radius 2 is 1.56 bits per heavy atom. The van der Waals surface area contributed by atoms with Crippen molar-refractivity contribution in [3.63, 3.8) is 0 Å². The van der Waals surface area contributed by atoms with E-state index in [0.717, 1.165) is 5.56 Å². The van der Waals surface area contributed by atoms with E-state index in [-0.39, 0.29) is 10.6 Å². The van der Waals surface area contributed by atoms with E-state index in [1.54, 1.807) is 35.5 Å². The van der Waals surface area contributed by atoms with Gasteiger partial charge in [0.2, 0.25) is 0 Å². The Bertz CT molecular complexity index is 1480. The van der Waals surface area contributed by atoms with Crippen LogP contribution in [-0.2, 0) is 29.0 Å². The third kappa shape index (κ3) is 4.43. The lowest BCUT2D eigenvalue weighted by atomic mass is 9.92. The fourth-order valence-corrected chi connectivity index (χ4v) is 5.32. The van der Waals surface area contributed by atoms with Crippen molar-refractivity contribution in [3.05, 3.63) is 94.2 Å². The summed E-state index contributed by atoms with van der Waals surface area (Å²) in [6, 6.07) is 18.8. The molecule has 178 valence electrons. The molecule has 0 aliphatic carbocycles. The molecule has 0 saturated heterocycles. The second-order valence-corrected chi connectivity index (χ2v) is 11.0. The van der Waals surface area contributed by atoms with Crippen LogP contribution in [-0.4, -0.2) is 27.6 Å². The Kier molecular flexibility index (Phi) is 5.99. The Balaban J connectivity index is 1.77. The van der Waals surface area contributed by atoms with Gasteiger partial charge in [-0.2, -0.15) is 5.10 Å². The maximum Gasteiger partial charge on any atom is 0.296 e. The molecule has 0 fully saturated rings. The van der Waals surface area contributed by atoms with Crippen LogP contribution in [0.2, 0.25) is 0 Å². The molecule has 0 amide bonds. The monoisotopic (exact) mass is 479 g/mol. The van der Waals surface area contributed by atoms with Gasteiger partial charge in [-0.1, -0.05) is 69.3 Å². The zero-order valence-corrected chi connectivity index (χ0v) is 20.8. The molecular formula is C25H29N5O3S. The van der Waals surface area contributed by atoms with Crippen LogP contribution in [0.5, 0.6) is 0 Å². The summed E-state index contributed by atoms with van der Waals surface area (Å²) in [7, 11) is -2.37. The lowest BCUT2D eigenvalue weighted by molar-refractivity contribution is 0.533. The van der Waals surface area contributed by atoms with Gasteiger partial charge in [0.1, 0.15) is 10.6 Å². The van der Waals surface area contributed by atoms with Crippen molar-refractivity contribution in [2.75, 3.05) is 4.72 Å². The first-order chi connectivity index (χ1) is 16.0. The molecule has 2 heterocycles. The molecule has 0 radical (unpaired) electrons. The smallest absolute Gasteiger partial charge is 0.283 e. The van der Waals surface area contributed by atoms with Gasteiger partial charge in [0.05, 0.1) is 23.6 Å². The number of hydrogen-bond donors (Lipinski definition) is 1. The second kappa shape index (κ2) is 8.64. The number of benzene rings is 2. The van der Waals surface area contributed by atoms with Crippen molar-refractivity contribution in [2.45, 2.75) is 44.6 Å².